The largest absolute Gasteiger partial charge is 0.357 e. The van der Waals surface area contributed by atoms with E-state index in [1.165, 1.54) is 25.7 Å². The van der Waals surface area contributed by atoms with Gasteiger partial charge in [-0.25, -0.2) is 0 Å². The Morgan fingerprint density at radius 2 is 2.19 bits per heavy atom. The highest BCUT2D eigenvalue weighted by atomic mass is 16.1. The summed E-state index contributed by atoms with van der Waals surface area (Å²) >= 11 is 0. The van der Waals surface area contributed by atoms with Gasteiger partial charge >= 0.3 is 0 Å². The van der Waals surface area contributed by atoms with Crippen LogP contribution < -0.4 is 0 Å². The highest BCUT2D eigenvalue weighted by Gasteiger charge is 2.21. The zero-order valence-corrected chi connectivity index (χ0v) is 10.1. The van der Waals surface area contributed by atoms with Crippen molar-refractivity contribution in [2.75, 3.05) is 13.6 Å². The first-order chi connectivity index (χ1) is 7.66. The fraction of sp³-hybridized carbons (Fsp3) is 0.615. The van der Waals surface area contributed by atoms with Crippen molar-refractivity contribution in [1.82, 2.24) is 9.47 Å². The molecule has 16 heavy (non-hydrogen) atoms. The van der Waals surface area contributed by atoms with Crippen LogP contribution in [0.2, 0.25) is 0 Å². The molecule has 0 amide bonds. The van der Waals surface area contributed by atoms with E-state index >= 15 is 0 Å². The van der Waals surface area contributed by atoms with E-state index in [-0.39, 0.29) is 5.78 Å². The molecule has 0 saturated heterocycles. The average molecular weight is 220 g/mol. The van der Waals surface area contributed by atoms with Crippen molar-refractivity contribution >= 4 is 5.78 Å². The van der Waals surface area contributed by atoms with E-state index in [2.05, 4.69) is 11.9 Å². The summed E-state index contributed by atoms with van der Waals surface area (Å²) < 4.78 is 1.92. The summed E-state index contributed by atoms with van der Waals surface area (Å²) in [6, 6.07) is 2.51. The number of rotatable bonds is 4. The Hall–Kier alpha value is -1.09. The second-order valence-electron chi connectivity index (χ2n) is 4.84. The SMILES string of the molecule is CN(CC(=O)c1ccn(C)c1)C1CCCC1. The van der Waals surface area contributed by atoms with Gasteiger partial charge in [0.05, 0.1) is 6.54 Å². The monoisotopic (exact) mass is 220 g/mol. The van der Waals surface area contributed by atoms with E-state index in [0.717, 1.165) is 5.56 Å². The van der Waals surface area contributed by atoms with Crippen molar-refractivity contribution in [3.8, 4) is 0 Å². The molecule has 1 aliphatic rings. The Labute approximate surface area is 97.1 Å². The van der Waals surface area contributed by atoms with Crippen LogP contribution in [0.25, 0.3) is 0 Å². The number of aryl methyl sites for hydroxylation is 1. The molecule has 0 spiro atoms. The van der Waals surface area contributed by atoms with Crippen LogP contribution in [0, 0.1) is 0 Å². The Morgan fingerprint density at radius 3 is 2.75 bits per heavy atom. The molecule has 1 saturated carbocycles. The number of Topliss-reactive ketones (excluding diaryl/α,β-unsaturated/α-hetero) is 1. The maximum absolute atomic E-state index is 12.0. The first kappa shape index (κ1) is 11.4. The predicted molar refractivity (Wildman–Crippen MR) is 64.6 cm³/mol. The van der Waals surface area contributed by atoms with Gasteiger partial charge in [0.2, 0.25) is 0 Å². The molecule has 1 fully saturated rings. The number of aromatic nitrogens is 1. The van der Waals surface area contributed by atoms with Crippen molar-refractivity contribution < 1.29 is 4.79 Å². The van der Waals surface area contributed by atoms with Crippen LogP contribution in [0.3, 0.4) is 0 Å². The van der Waals surface area contributed by atoms with E-state index in [9.17, 15) is 4.79 Å². The maximum Gasteiger partial charge on any atom is 0.178 e. The summed E-state index contributed by atoms with van der Waals surface area (Å²) in [5.41, 5.74) is 0.826. The molecule has 0 atom stereocenters. The smallest absolute Gasteiger partial charge is 0.178 e. The number of hydrogen-bond donors (Lipinski definition) is 0. The molecule has 88 valence electrons. The fourth-order valence-corrected chi connectivity index (χ4v) is 2.46. The van der Waals surface area contributed by atoms with Crippen molar-refractivity contribution in [1.29, 1.82) is 0 Å². The second kappa shape index (κ2) is 4.83. The highest BCUT2D eigenvalue weighted by molar-refractivity contribution is 5.97. The Morgan fingerprint density at radius 1 is 1.50 bits per heavy atom. The van der Waals surface area contributed by atoms with Gasteiger partial charge in [0, 0.05) is 31.0 Å². The lowest BCUT2D eigenvalue weighted by Gasteiger charge is -2.22. The molecule has 3 heteroatoms. The first-order valence-electron chi connectivity index (χ1n) is 6.02. The Kier molecular flexibility index (Phi) is 3.44. The van der Waals surface area contributed by atoms with E-state index in [1.54, 1.807) is 0 Å². The molecule has 1 aromatic rings. The second-order valence-corrected chi connectivity index (χ2v) is 4.84. The molecule has 0 radical (unpaired) electrons. The first-order valence-corrected chi connectivity index (χ1v) is 6.02. The van der Waals surface area contributed by atoms with Crippen LogP contribution in [0.5, 0.6) is 0 Å². The number of nitrogens with zero attached hydrogens (tertiary/aromatic N) is 2. The van der Waals surface area contributed by atoms with Gasteiger partial charge in [-0.05, 0) is 26.0 Å². The zero-order chi connectivity index (χ0) is 11.5. The van der Waals surface area contributed by atoms with E-state index in [4.69, 9.17) is 0 Å². The Balaban J connectivity index is 1.91. The number of hydrogen-bond acceptors (Lipinski definition) is 2. The minimum absolute atomic E-state index is 0.231. The van der Waals surface area contributed by atoms with Gasteiger partial charge in [0.1, 0.15) is 0 Å². The minimum atomic E-state index is 0.231. The summed E-state index contributed by atoms with van der Waals surface area (Å²) in [5.74, 6) is 0.231. The third-order valence-corrected chi connectivity index (χ3v) is 3.49. The van der Waals surface area contributed by atoms with Crippen LogP contribution in [0.4, 0.5) is 0 Å². The lowest BCUT2D eigenvalue weighted by Crippen LogP contribution is -2.33. The van der Waals surface area contributed by atoms with Gasteiger partial charge in [0.25, 0.3) is 0 Å². The molecule has 0 N–H and O–H groups in total. The summed E-state index contributed by atoms with van der Waals surface area (Å²) in [6.45, 7) is 0.550. The van der Waals surface area contributed by atoms with Crippen LogP contribution in [0.15, 0.2) is 18.5 Å². The number of likely N-dealkylation sites (N-methyl/N-ethyl adjacent to an activating group) is 1. The minimum Gasteiger partial charge on any atom is -0.357 e. The lowest BCUT2D eigenvalue weighted by atomic mass is 10.1. The van der Waals surface area contributed by atoms with Crippen LogP contribution in [-0.4, -0.2) is 34.9 Å². The summed E-state index contributed by atoms with van der Waals surface area (Å²) in [5, 5.41) is 0. The van der Waals surface area contributed by atoms with Gasteiger partial charge in [-0.1, -0.05) is 12.8 Å². The molecule has 2 rings (SSSR count). The molecular formula is C13H20N2O. The normalized spacial score (nSPS) is 17.2. The van der Waals surface area contributed by atoms with Crippen molar-refractivity contribution in [2.45, 2.75) is 31.7 Å². The van der Waals surface area contributed by atoms with Crippen molar-refractivity contribution in [3.63, 3.8) is 0 Å². The van der Waals surface area contributed by atoms with Gasteiger partial charge in [0.15, 0.2) is 5.78 Å². The summed E-state index contributed by atoms with van der Waals surface area (Å²) in [7, 11) is 4.01. The quantitative estimate of drug-likeness (QED) is 0.726. The van der Waals surface area contributed by atoms with Gasteiger partial charge in [-0.3, -0.25) is 9.69 Å². The van der Waals surface area contributed by atoms with Gasteiger partial charge in [-0.2, -0.15) is 0 Å². The van der Waals surface area contributed by atoms with Crippen LogP contribution >= 0.6 is 0 Å². The maximum atomic E-state index is 12.0. The van der Waals surface area contributed by atoms with Crippen LogP contribution in [-0.2, 0) is 7.05 Å². The topological polar surface area (TPSA) is 25.2 Å². The van der Waals surface area contributed by atoms with E-state index < -0.39 is 0 Å². The number of carbonyl (C=O) groups is 1. The number of carbonyl (C=O) groups excluding carboxylic acids is 1. The van der Waals surface area contributed by atoms with E-state index in [0.29, 0.717) is 12.6 Å². The fourth-order valence-electron chi connectivity index (χ4n) is 2.46. The zero-order valence-electron chi connectivity index (χ0n) is 10.1. The molecule has 0 bridgehead atoms. The third kappa shape index (κ3) is 2.53. The number of ketones is 1. The molecule has 0 aromatic carbocycles. The standard InChI is InChI=1S/C13H20N2O/c1-14-8-7-11(9-14)13(16)10-15(2)12-5-3-4-6-12/h7-9,12H,3-6,10H2,1-2H3. The highest BCUT2D eigenvalue weighted by Crippen LogP contribution is 2.22. The molecular weight excluding hydrogens is 200 g/mol. The summed E-state index contributed by atoms with van der Waals surface area (Å²) in [4.78, 5) is 14.2. The Bertz CT molecular complexity index is 364. The third-order valence-electron chi connectivity index (χ3n) is 3.49. The molecule has 3 nitrogen and oxygen atoms in total. The van der Waals surface area contributed by atoms with Crippen LogP contribution in [0.1, 0.15) is 36.0 Å². The molecule has 0 unspecified atom stereocenters. The molecule has 1 aliphatic carbocycles. The molecule has 1 aromatic heterocycles. The molecule has 1 heterocycles. The van der Waals surface area contributed by atoms with Crippen molar-refractivity contribution in [2.24, 2.45) is 7.05 Å². The van der Waals surface area contributed by atoms with Gasteiger partial charge in [-0.15, -0.1) is 0 Å². The predicted octanol–water partition coefficient (Wildman–Crippen LogP) is 2.08. The van der Waals surface area contributed by atoms with Gasteiger partial charge < -0.3 is 4.57 Å². The molecule has 0 aliphatic heterocycles. The lowest BCUT2D eigenvalue weighted by molar-refractivity contribution is 0.0921. The van der Waals surface area contributed by atoms with Crippen molar-refractivity contribution in [3.05, 3.63) is 24.0 Å². The summed E-state index contributed by atoms with van der Waals surface area (Å²) in [6.07, 6.45) is 8.94. The average Bonchev–Trinajstić information content (AvgIpc) is 2.87. The van der Waals surface area contributed by atoms with E-state index in [1.807, 2.05) is 30.1 Å².